The molecule has 0 radical (unpaired) electrons. The maximum Gasteiger partial charge on any atom is 0.0417 e. The highest BCUT2D eigenvalue weighted by Gasteiger charge is 2.09. The number of pyridine rings is 1. The van der Waals surface area contributed by atoms with Crippen molar-refractivity contribution in [2.24, 2.45) is 0 Å². The lowest BCUT2D eigenvalue weighted by molar-refractivity contribution is 0.719. The third-order valence-corrected chi connectivity index (χ3v) is 3.52. The van der Waals surface area contributed by atoms with Crippen LogP contribution in [0, 0.1) is 6.92 Å². The largest absolute Gasteiger partial charge is 0.312 e. The van der Waals surface area contributed by atoms with Gasteiger partial charge in [0.25, 0.3) is 0 Å². The molecule has 1 aromatic rings. The Bertz CT molecular complexity index is 318. The van der Waals surface area contributed by atoms with Gasteiger partial charge in [0.15, 0.2) is 0 Å². The Labute approximate surface area is 103 Å². The van der Waals surface area contributed by atoms with Gasteiger partial charge in [-0.1, -0.05) is 26.8 Å². The van der Waals surface area contributed by atoms with Crippen molar-refractivity contribution in [3.8, 4) is 0 Å². The number of rotatable bonds is 5. The second-order valence-corrected chi connectivity index (χ2v) is 6.81. The molecule has 0 unspecified atom stereocenters. The summed E-state index contributed by atoms with van der Waals surface area (Å²) < 4.78 is 0.367. The van der Waals surface area contributed by atoms with Gasteiger partial charge < -0.3 is 5.32 Å². The Morgan fingerprint density at radius 3 is 2.75 bits per heavy atom. The lowest BCUT2D eigenvalue weighted by Gasteiger charge is -2.17. The van der Waals surface area contributed by atoms with Crippen LogP contribution in [0.2, 0.25) is 0 Å². The molecule has 2 nitrogen and oxygen atoms in total. The molecule has 0 saturated heterocycles. The van der Waals surface area contributed by atoms with Crippen LogP contribution in [0.3, 0.4) is 0 Å². The molecular formula is C13H22N2S. The average molecular weight is 238 g/mol. The van der Waals surface area contributed by atoms with E-state index in [1.807, 2.05) is 24.0 Å². The molecule has 0 fully saturated rings. The molecule has 0 aliphatic carbocycles. The number of nitrogens with one attached hydrogen (secondary N) is 1. The summed E-state index contributed by atoms with van der Waals surface area (Å²) >= 11 is 1.99. The molecule has 90 valence electrons. The SMILES string of the molecule is Cc1ncccc1CNCCSC(C)(C)C. The zero-order valence-electron chi connectivity index (χ0n) is 10.7. The fraction of sp³-hybridized carbons (Fsp3) is 0.615. The molecule has 0 atom stereocenters. The van der Waals surface area contributed by atoms with E-state index in [1.54, 1.807) is 0 Å². The number of thioether (sulfide) groups is 1. The Morgan fingerprint density at radius 1 is 1.38 bits per heavy atom. The second kappa shape index (κ2) is 6.26. The first kappa shape index (κ1) is 13.5. The second-order valence-electron chi connectivity index (χ2n) is 4.89. The summed E-state index contributed by atoms with van der Waals surface area (Å²) in [5, 5.41) is 3.45. The number of aromatic nitrogens is 1. The van der Waals surface area contributed by atoms with E-state index in [-0.39, 0.29) is 0 Å². The standard InChI is InChI=1S/C13H22N2S/c1-11-12(6-5-7-15-11)10-14-8-9-16-13(2,3)4/h5-7,14H,8-10H2,1-4H3. The first-order valence-corrected chi connectivity index (χ1v) is 6.73. The van der Waals surface area contributed by atoms with Crippen molar-refractivity contribution in [2.45, 2.75) is 39.0 Å². The number of hydrogen-bond acceptors (Lipinski definition) is 3. The predicted octanol–water partition coefficient (Wildman–Crippen LogP) is 3.01. The highest BCUT2D eigenvalue weighted by Crippen LogP contribution is 2.22. The van der Waals surface area contributed by atoms with Crippen molar-refractivity contribution in [2.75, 3.05) is 12.3 Å². The Hall–Kier alpha value is -0.540. The minimum absolute atomic E-state index is 0.367. The van der Waals surface area contributed by atoms with E-state index in [0.717, 1.165) is 24.5 Å². The quantitative estimate of drug-likeness (QED) is 0.798. The summed E-state index contributed by atoms with van der Waals surface area (Å²) in [5.41, 5.74) is 2.42. The molecule has 1 heterocycles. The highest BCUT2D eigenvalue weighted by molar-refractivity contribution is 8.00. The Kier molecular flexibility index (Phi) is 5.29. The predicted molar refractivity (Wildman–Crippen MR) is 72.9 cm³/mol. The van der Waals surface area contributed by atoms with Gasteiger partial charge in [0.05, 0.1) is 0 Å². The summed E-state index contributed by atoms with van der Waals surface area (Å²) in [6.45, 7) is 10.8. The number of hydrogen-bond donors (Lipinski definition) is 1. The molecule has 0 aliphatic rings. The highest BCUT2D eigenvalue weighted by atomic mass is 32.2. The van der Waals surface area contributed by atoms with Gasteiger partial charge in [-0.3, -0.25) is 4.98 Å². The van der Waals surface area contributed by atoms with Gasteiger partial charge in [0.1, 0.15) is 0 Å². The summed E-state index contributed by atoms with van der Waals surface area (Å²) in [6, 6.07) is 4.13. The monoisotopic (exact) mass is 238 g/mol. The minimum Gasteiger partial charge on any atom is -0.312 e. The molecule has 0 aromatic carbocycles. The average Bonchev–Trinajstić information content (AvgIpc) is 2.18. The van der Waals surface area contributed by atoms with Crippen LogP contribution in [0.5, 0.6) is 0 Å². The normalized spacial score (nSPS) is 11.8. The van der Waals surface area contributed by atoms with Gasteiger partial charge >= 0.3 is 0 Å². The van der Waals surface area contributed by atoms with E-state index in [1.165, 1.54) is 5.56 Å². The molecule has 16 heavy (non-hydrogen) atoms. The van der Waals surface area contributed by atoms with E-state index in [0.29, 0.717) is 4.75 Å². The van der Waals surface area contributed by atoms with Crippen LogP contribution in [0.4, 0.5) is 0 Å². The van der Waals surface area contributed by atoms with Crippen LogP contribution in [-0.4, -0.2) is 22.0 Å². The third kappa shape index (κ3) is 5.52. The fourth-order valence-corrected chi connectivity index (χ4v) is 2.22. The molecule has 0 amide bonds. The lowest BCUT2D eigenvalue weighted by atomic mass is 10.2. The molecule has 0 saturated carbocycles. The van der Waals surface area contributed by atoms with Gasteiger partial charge in [0.2, 0.25) is 0 Å². The number of aryl methyl sites for hydroxylation is 1. The zero-order chi connectivity index (χ0) is 12.0. The zero-order valence-corrected chi connectivity index (χ0v) is 11.5. The summed E-state index contributed by atoms with van der Waals surface area (Å²) in [4.78, 5) is 4.27. The van der Waals surface area contributed by atoms with Crippen LogP contribution >= 0.6 is 11.8 Å². The molecule has 0 bridgehead atoms. The first-order chi connectivity index (χ1) is 7.49. The van der Waals surface area contributed by atoms with Crippen molar-refractivity contribution >= 4 is 11.8 Å². The van der Waals surface area contributed by atoms with Crippen molar-refractivity contribution < 1.29 is 0 Å². The lowest BCUT2D eigenvalue weighted by Crippen LogP contribution is -2.20. The van der Waals surface area contributed by atoms with E-state index >= 15 is 0 Å². The molecular weight excluding hydrogens is 216 g/mol. The Morgan fingerprint density at radius 2 is 2.12 bits per heavy atom. The summed E-state index contributed by atoms with van der Waals surface area (Å²) in [5.74, 6) is 1.16. The van der Waals surface area contributed by atoms with Crippen LogP contribution in [0.1, 0.15) is 32.0 Å². The van der Waals surface area contributed by atoms with Crippen molar-refractivity contribution in [3.05, 3.63) is 29.6 Å². The van der Waals surface area contributed by atoms with Gasteiger partial charge in [-0.2, -0.15) is 11.8 Å². The van der Waals surface area contributed by atoms with Gasteiger partial charge in [0, 0.05) is 35.5 Å². The van der Waals surface area contributed by atoms with E-state index in [4.69, 9.17) is 0 Å². The maximum absolute atomic E-state index is 4.27. The van der Waals surface area contributed by atoms with Gasteiger partial charge in [-0.15, -0.1) is 0 Å². The Balaban J connectivity index is 2.19. The maximum atomic E-state index is 4.27. The topological polar surface area (TPSA) is 24.9 Å². The molecule has 1 N–H and O–H groups in total. The molecule has 3 heteroatoms. The van der Waals surface area contributed by atoms with Crippen LogP contribution in [0.15, 0.2) is 18.3 Å². The molecule has 1 rings (SSSR count). The first-order valence-electron chi connectivity index (χ1n) is 5.74. The molecule has 0 aliphatic heterocycles. The molecule has 1 aromatic heterocycles. The molecule has 0 spiro atoms. The number of nitrogens with zero attached hydrogens (tertiary/aromatic N) is 1. The van der Waals surface area contributed by atoms with Crippen LogP contribution in [0.25, 0.3) is 0 Å². The van der Waals surface area contributed by atoms with E-state index in [9.17, 15) is 0 Å². The summed E-state index contributed by atoms with van der Waals surface area (Å²) in [7, 11) is 0. The minimum atomic E-state index is 0.367. The van der Waals surface area contributed by atoms with Crippen molar-refractivity contribution in [1.82, 2.24) is 10.3 Å². The van der Waals surface area contributed by atoms with Gasteiger partial charge in [-0.05, 0) is 18.6 Å². The van der Waals surface area contributed by atoms with E-state index in [2.05, 4.69) is 44.1 Å². The van der Waals surface area contributed by atoms with E-state index < -0.39 is 0 Å². The van der Waals surface area contributed by atoms with Crippen molar-refractivity contribution in [3.63, 3.8) is 0 Å². The van der Waals surface area contributed by atoms with Crippen LogP contribution < -0.4 is 5.32 Å². The third-order valence-electron chi connectivity index (χ3n) is 2.25. The smallest absolute Gasteiger partial charge is 0.0417 e. The summed E-state index contributed by atoms with van der Waals surface area (Å²) in [6.07, 6.45) is 1.84. The van der Waals surface area contributed by atoms with Gasteiger partial charge in [-0.25, -0.2) is 0 Å². The fourth-order valence-electron chi connectivity index (χ4n) is 1.36. The van der Waals surface area contributed by atoms with Crippen molar-refractivity contribution in [1.29, 1.82) is 0 Å². The van der Waals surface area contributed by atoms with Crippen LogP contribution in [-0.2, 0) is 6.54 Å².